The van der Waals surface area contributed by atoms with Crippen LogP contribution in [0.3, 0.4) is 0 Å². The van der Waals surface area contributed by atoms with Crippen molar-refractivity contribution >= 4 is 17.2 Å². The molecule has 7 heteroatoms. The van der Waals surface area contributed by atoms with Crippen molar-refractivity contribution in [1.82, 2.24) is 10.5 Å². The van der Waals surface area contributed by atoms with E-state index >= 15 is 0 Å². The number of carbonyl (C=O) groups excluding carboxylic acids is 1. The van der Waals surface area contributed by atoms with Gasteiger partial charge in [-0.15, -0.1) is 11.3 Å². The van der Waals surface area contributed by atoms with Crippen LogP contribution >= 0.6 is 11.3 Å². The second-order valence-corrected chi connectivity index (χ2v) is 8.29. The molecule has 152 valence electrons. The number of hydrogen-bond donors (Lipinski definition) is 1. The van der Waals surface area contributed by atoms with Crippen molar-refractivity contribution < 1.29 is 18.8 Å². The maximum Gasteiger partial charge on any atom is 0.226 e. The Morgan fingerprint density at radius 2 is 2.10 bits per heavy atom. The van der Waals surface area contributed by atoms with E-state index in [1.54, 1.807) is 17.4 Å². The van der Waals surface area contributed by atoms with Gasteiger partial charge in [-0.25, -0.2) is 0 Å². The molecule has 0 bridgehead atoms. The summed E-state index contributed by atoms with van der Waals surface area (Å²) < 4.78 is 16.3. The molecule has 0 radical (unpaired) electrons. The normalized spacial score (nSPS) is 16.2. The molecule has 1 unspecified atom stereocenters. The van der Waals surface area contributed by atoms with Crippen LogP contribution in [0, 0.1) is 5.92 Å². The minimum Gasteiger partial charge on any atom is -0.381 e. The fraction of sp³-hybridized carbons (Fsp3) is 0.364. The van der Waals surface area contributed by atoms with Crippen molar-refractivity contribution in [3.05, 3.63) is 64.9 Å². The van der Waals surface area contributed by atoms with Gasteiger partial charge in [0.1, 0.15) is 6.61 Å². The van der Waals surface area contributed by atoms with E-state index in [9.17, 15) is 4.79 Å². The summed E-state index contributed by atoms with van der Waals surface area (Å²) in [6, 6.07) is 16.3. The predicted octanol–water partition coefficient (Wildman–Crippen LogP) is 3.82. The number of carbonyl (C=O) groups is 1. The van der Waals surface area contributed by atoms with E-state index in [1.165, 1.54) is 10.4 Å². The lowest BCUT2D eigenvalue weighted by atomic mass is 10.1. The first-order valence-electron chi connectivity index (χ1n) is 9.77. The van der Waals surface area contributed by atoms with Crippen molar-refractivity contribution in [2.75, 3.05) is 19.8 Å². The van der Waals surface area contributed by atoms with Gasteiger partial charge < -0.3 is 19.3 Å². The largest absolute Gasteiger partial charge is 0.381 e. The Morgan fingerprint density at radius 1 is 1.21 bits per heavy atom. The van der Waals surface area contributed by atoms with Crippen molar-refractivity contribution in [2.45, 2.75) is 26.1 Å². The average Bonchev–Trinajstić information content (AvgIpc) is 3.50. The van der Waals surface area contributed by atoms with Crippen LogP contribution in [0.25, 0.3) is 10.4 Å². The van der Waals surface area contributed by atoms with Gasteiger partial charge in [0.15, 0.2) is 5.76 Å². The van der Waals surface area contributed by atoms with E-state index in [0.29, 0.717) is 37.1 Å². The smallest absolute Gasteiger partial charge is 0.226 e. The summed E-state index contributed by atoms with van der Waals surface area (Å²) in [7, 11) is 0. The third kappa shape index (κ3) is 5.76. The Kier molecular flexibility index (Phi) is 6.71. The summed E-state index contributed by atoms with van der Waals surface area (Å²) >= 11 is 1.72. The maximum atomic E-state index is 12.0. The van der Waals surface area contributed by atoms with Gasteiger partial charge in [-0.05, 0) is 24.1 Å². The lowest BCUT2D eigenvalue weighted by molar-refractivity contribution is -0.120. The Hall–Kier alpha value is -2.48. The van der Waals surface area contributed by atoms with Gasteiger partial charge in [0.25, 0.3) is 0 Å². The zero-order valence-electron chi connectivity index (χ0n) is 16.1. The molecular weight excluding hydrogens is 388 g/mol. The van der Waals surface area contributed by atoms with Gasteiger partial charge in [0.2, 0.25) is 5.91 Å². The molecule has 3 aromatic rings. The standard InChI is InChI=1S/C22H24N2O4S/c25-22(23-12-16-8-9-26-13-16)11-18-10-19(28-24-18)14-27-15-20-6-7-21(29-20)17-4-2-1-3-5-17/h1-7,10,16H,8-9,11-15H2,(H,23,25). The molecule has 1 saturated heterocycles. The number of hydrogen-bond acceptors (Lipinski definition) is 6. The number of thiophene rings is 1. The van der Waals surface area contributed by atoms with E-state index < -0.39 is 0 Å². The molecule has 0 spiro atoms. The number of amides is 1. The number of rotatable bonds is 9. The summed E-state index contributed by atoms with van der Waals surface area (Å²) in [6.45, 7) is 3.00. The van der Waals surface area contributed by atoms with Crippen LogP contribution in [0.4, 0.5) is 0 Å². The molecule has 1 amide bonds. The van der Waals surface area contributed by atoms with Crippen LogP contribution in [-0.4, -0.2) is 30.8 Å². The summed E-state index contributed by atoms with van der Waals surface area (Å²) in [6.07, 6.45) is 1.21. The topological polar surface area (TPSA) is 73.6 Å². The van der Waals surface area contributed by atoms with Crippen molar-refractivity contribution in [3.63, 3.8) is 0 Å². The highest BCUT2D eigenvalue weighted by Crippen LogP contribution is 2.28. The number of benzene rings is 1. The quantitative estimate of drug-likeness (QED) is 0.578. The second-order valence-electron chi connectivity index (χ2n) is 7.12. The zero-order valence-corrected chi connectivity index (χ0v) is 17.0. The molecule has 1 aliphatic heterocycles. The van der Waals surface area contributed by atoms with Crippen LogP contribution in [0.1, 0.15) is 22.8 Å². The van der Waals surface area contributed by atoms with Gasteiger partial charge in [0, 0.05) is 34.9 Å². The van der Waals surface area contributed by atoms with Gasteiger partial charge in [-0.1, -0.05) is 35.5 Å². The number of aromatic nitrogens is 1. The number of nitrogens with one attached hydrogen (secondary N) is 1. The molecule has 2 aromatic heterocycles. The first-order chi connectivity index (χ1) is 14.3. The Labute approximate surface area is 173 Å². The maximum absolute atomic E-state index is 12.0. The molecule has 4 rings (SSSR count). The van der Waals surface area contributed by atoms with Crippen LogP contribution in [0.2, 0.25) is 0 Å². The van der Waals surface area contributed by atoms with Gasteiger partial charge >= 0.3 is 0 Å². The van der Waals surface area contributed by atoms with Crippen LogP contribution in [-0.2, 0) is 33.9 Å². The van der Waals surface area contributed by atoms with E-state index in [1.807, 2.05) is 18.2 Å². The Morgan fingerprint density at radius 3 is 2.93 bits per heavy atom. The summed E-state index contributed by atoms with van der Waals surface area (Å²) in [5.74, 6) is 0.987. The van der Waals surface area contributed by atoms with Crippen molar-refractivity contribution in [2.24, 2.45) is 5.92 Å². The predicted molar refractivity (Wildman–Crippen MR) is 110 cm³/mol. The minimum absolute atomic E-state index is 0.0512. The number of nitrogens with zero attached hydrogens (tertiary/aromatic N) is 1. The Bertz CT molecular complexity index is 916. The molecule has 1 N–H and O–H groups in total. The van der Waals surface area contributed by atoms with Gasteiger partial charge in [-0.2, -0.15) is 0 Å². The average molecular weight is 413 g/mol. The van der Waals surface area contributed by atoms with Gasteiger partial charge in [-0.3, -0.25) is 4.79 Å². The molecule has 6 nitrogen and oxygen atoms in total. The molecule has 3 heterocycles. The highest BCUT2D eigenvalue weighted by atomic mass is 32.1. The first kappa shape index (κ1) is 19.8. The second kappa shape index (κ2) is 9.82. The van der Waals surface area contributed by atoms with Crippen molar-refractivity contribution in [3.8, 4) is 10.4 Å². The molecule has 0 aliphatic carbocycles. The Balaban J connectivity index is 1.19. The molecule has 1 aromatic carbocycles. The third-order valence-electron chi connectivity index (χ3n) is 4.77. The first-order valence-corrected chi connectivity index (χ1v) is 10.6. The van der Waals surface area contributed by atoms with E-state index in [2.05, 4.69) is 34.7 Å². The highest BCUT2D eigenvalue weighted by molar-refractivity contribution is 7.15. The van der Waals surface area contributed by atoms with Crippen LogP contribution in [0.15, 0.2) is 53.1 Å². The summed E-state index contributed by atoms with van der Waals surface area (Å²) in [5.41, 5.74) is 1.83. The summed E-state index contributed by atoms with van der Waals surface area (Å²) in [4.78, 5) is 14.4. The minimum atomic E-state index is -0.0512. The molecule has 1 atom stereocenters. The van der Waals surface area contributed by atoms with Crippen LogP contribution in [0.5, 0.6) is 0 Å². The van der Waals surface area contributed by atoms with E-state index in [0.717, 1.165) is 24.5 Å². The molecule has 0 saturated carbocycles. The van der Waals surface area contributed by atoms with E-state index in [-0.39, 0.29) is 12.3 Å². The lowest BCUT2D eigenvalue weighted by Crippen LogP contribution is -2.30. The zero-order chi connectivity index (χ0) is 19.9. The SMILES string of the molecule is O=C(Cc1cc(COCc2ccc(-c3ccccc3)s2)on1)NCC1CCOC1. The van der Waals surface area contributed by atoms with E-state index in [4.69, 9.17) is 14.0 Å². The van der Waals surface area contributed by atoms with Crippen LogP contribution < -0.4 is 5.32 Å². The fourth-order valence-corrected chi connectivity index (χ4v) is 4.15. The number of ether oxygens (including phenoxy) is 2. The lowest BCUT2D eigenvalue weighted by Gasteiger charge is -2.08. The monoisotopic (exact) mass is 412 g/mol. The van der Waals surface area contributed by atoms with Gasteiger partial charge in [0.05, 0.1) is 25.3 Å². The molecule has 1 aliphatic rings. The molecular formula is C22H24N2O4S. The fourth-order valence-electron chi connectivity index (χ4n) is 3.20. The third-order valence-corrected chi connectivity index (χ3v) is 5.88. The highest BCUT2D eigenvalue weighted by Gasteiger charge is 2.17. The van der Waals surface area contributed by atoms with Crippen molar-refractivity contribution in [1.29, 1.82) is 0 Å². The molecule has 1 fully saturated rings. The molecule has 29 heavy (non-hydrogen) atoms. The summed E-state index contributed by atoms with van der Waals surface area (Å²) in [5, 5.41) is 6.90.